The standard InChI is InChI=1S/C13H18O/c1-2-3-4-5-6-7-9-12-10-8-11-13(12)14/h2,6-7,10H,1,3-5,8-9,11H2/b7-6+. The molecule has 0 bridgehead atoms. The Morgan fingerprint density at radius 2 is 2.21 bits per heavy atom. The molecule has 0 amide bonds. The quantitative estimate of drug-likeness (QED) is 0.462. The Morgan fingerprint density at radius 3 is 2.86 bits per heavy atom. The zero-order chi connectivity index (χ0) is 10.2. The van der Waals surface area contributed by atoms with Gasteiger partial charge in [0.2, 0.25) is 0 Å². The fraction of sp³-hybridized carbons (Fsp3) is 0.462. The zero-order valence-corrected chi connectivity index (χ0v) is 8.67. The molecule has 1 heteroatoms. The maximum Gasteiger partial charge on any atom is 0.159 e. The number of ketones is 1. The third-order valence-electron chi connectivity index (χ3n) is 2.40. The minimum atomic E-state index is 0.334. The van der Waals surface area contributed by atoms with Gasteiger partial charge in [0.25, 0.3) is 0 Å². The van der Waals surface area contributed by atoms with E-state index in [2.05, 4.69) is 24.8 Å². The van der Waals surface area contributed by atoms with Crippen LogP contribution in [0, 0.1) is 0 Å². The molecule has 0 aromatic carbocycles. The Labute approximate surface area is 86.2 Å². The van der Waals surface area contributed by atoms with Crippen LogP contribution in [0.25, 0.3) is 0 Å². The number of rotatable bonds is 6. The molecule has 0 spiro atoms. The predicted octanol–water partition coefficient (Wildman–Crippen LogP) is 3.58. The van der Waals surface area contributed by atoms with Crippen LogP contribution in [0.1, 0.15) is 38.5 Å². The lowest BCUT2D eigenvalue weighted by molar-refractivity contribution is -0.114. The molecule has 1 aliphatic rings. The van der Waals surface area contributed by atoms with Crippen LogP contribution in [0.2, 0.25) is 0 Å². The molecule has 0 aliphatic heterocycles. The molecule has 0 heterocycles. The van der Waals surface area contributed by atoms with Crippen molar-refractivity contribution in [2.75, 3.05) is 0 Å². The lowest BCUT2D eigenvalue weighted by atomic mass is 10.1. The van der Waals surface area contributed by atoms with Gasteiger partial charge in [-0.3, -0.25) is 4.79 Å². The summed E-state index contributed by atoms with van der Waals surface area (Å²) in [5.74, 6) is 0.334. The van der Waals surface area contributed by atoms with Gasteiger partial charge in [-0.25, -0.2) is 0 Å². The molecule has 0 saturated heterocycles. The highest BCUT2D eigenvalue weighted by Crippen LogP contribution is 2.17. The number of Topliss-reactive ketones (excluding diaryl/α,β-unsaturated/α-hetero) is 1. The van der Waals surface area contributed by atoms with Gasteiger partial charge in [0.05, 0.1) is 0 Å². The number of unbranched alkanes of at least 4 members (excludes halogenated alkanes) is 2. The van der Waals surface area contributed by atoms with Gasteiger partial charge >= 0.3 is 0 Å². The normalized spacial score (nSPS) is 16.3. The first-order valence-corrected chi connectivity index (χ1v) is 5.32. The second-order valence-electron chi connectivity index (χ2n) is 3.59. The molecule has 14 heavy (non-hydrogen) atoms. The van der Waals surface area contributed by atoms with Crippen LogP contribution in [0.3, 0.4) is 0 Å². The van der Waals surface area contributed by atoms with E-state index in [9.17, 15) is 4.79 Å². The molecule has 1 aliphatic carbocycles. The highest BCUT2D eigenvalue weighted by molar-refractivity contribution is 5.97. The first kappa shape index (κ1) is 11.0. The highest BCUT2D eigenvalue weighted by Gasteiger charge is 2.12. The molecule has 0 fully saturated rings. The first-order valence-electron chi connectivity index (χ1n) is 5.32. The maximum absolute atomic E-state index is 11.2. The van der Waals surface area contributed by atoms with E-state index in [0.717, 1.165) is 44.1 Å². The molecule has 1 rings (SSSR count). The predicted molar refractivity (Wildman–Crippen MR) is 60.1 cm³/mol. The molecular formula is C13H18O. The van der Waals surface area contributed by atoms with Crippen LogP contribution in [-0.2, 0) is 4.79 Å². The van der Waals surface area contributed by atoms with Crippen molar-refractivity contribution in [3.63, 3.8) is 0 Å². The number of carbonyl (C=O) groups excluding carboxylic acids is 1. The zero-order valence-electron chi connectivity index (χ0n) is 8.67. The van der Waals surface area contributed by atoms with Crippen LogP contribution in [0.5, 0.6) is 0 Å². The summed E-state index contributed by atoms with van der Waals surface area (Å²) in [6.45, 7) is 3.67. The van der Waals surface area contributed by atoms with E-state index in [1.54, 1.807) is 0 Å². The molecule has 0 atom stereocenters. The van der Waals surface area contributed by atoms with Crippen LogP contribution in [-0.4, -0.2) is 5.78 Å². The fourth-order valence-electron chi connectivity index (χ4n) is 1.56. The second-order valence-corrected chi connectivity index (χ2v) is 3.59. The van der Waals surface area contributed by atoms with Crippen molar-refractivity contribution in [3.8, 4) is 0 Å². The average Bonchev–Trinajstić information content (AvgIpc) is 2.58. The molecule has 1 nitrogen and oxygen atoms in total. The lowest BCUT2D eigenvalue weighted by Crippen LogP contribution is -1.93. The summed E-state index contributed by atoms with van der Waals surface area (Å²) >= 11 is 0. The van der Waals surface area contributed by atoms with Gasteiger partial charge in [0, 0.05) is 6.42 Å². The van der Waals surface area contributed by atoms with E-state index in [1.807, 2.05) is 6.08 Å². The number of allylic oxidation sites excluding steroid dienone is 5. The summed E-state index contributed by atoms with van der Waals surface area (Å²) in [6.07, 6.45) is 14.1. The largest absolute Gasteiger partial charge is 0.295 e. The van der Waals surface area contributed by atoms with Crippen LogP contribution in [0.4, 0.5) is 0 Å². The summed E-state index contributed by atoms with van der Waals surface area (Å²) < 4.78 is 0. The number of hydrogen-bond acceptors (Lipinski definition) is 1. The van der Waals surface area contributed by atoms with Crippen LogP contribution >= 0.6 is 0 Å². The average molecular weight is 190 g/mol. The van der Waals surface area contributed by atoms with Crippen LogP contribution in [0.15, 0.2) is 36.5 Å². The lowest BCUT2D eigenvalue weighted by Gasteiger charge is -1.94. The Kier molecular flexibility index (Phi) is 4.98. The van der Waals surface area contributed by atoms with Gasteiger partial charge in [-0.15, -0.1) is 6.58 Å². The summed E-state index contributed by atoms with van der Waals surface area (Å²) in [5, 5.41) is 0. The van der Waals surface area contributed by atoms with Gasteiger partial charge in [0.15, 0.2) is 5.78 Å². The van der Waals surface area contributed by atoms with Crippen molar-refractivity contribution in [1.82, 2.24) is 0 Å². The van der Waals surface area contributed by atoms with Crippen molar-refractivity contribution in [2.24, 2.45) is 0 Å². The van der Waals surface area contributed by atoms with Crippen molar-refractivity contribution >= 4 is 5.78 Å². The monoisotopic (exact) mass is 190 g/mol. The summed E-state index contributed by atoms with van der Waals surface area (Å²) in [6, 6.07) is 0. The van der Waals surface area contributed by atoms with Gasteiger partial charge in [0.1, 0.15) is 0 Å². The summed E-state index contributed by atoms with van der Waals surface area (Å²) in [4.78, 5) is 11.2. The van der Waals surface area contributed by atoms with Gasteiger partial charge in [-0.1, -0.05) is 24.3 Å². The minimum absolute atomic E-state index is 0.334. The van der Waals surface area contributed by atoms with Gasteiger partial charge in [-0.05, 0) is 37.7 Å². The van der Waals surface area contributed by atoms with Gasteiger partial charge < -0.3 is 0 Å². The Hall–Kier alpha value is -1.11. The molecule has 0 radical (unpaired) electrons. The number of carbonyl (C=O) groups is 1. The summed E-state index contributed by atoms with van der Waals surface area (Å²) in [7, 11) is 0. The smallest absolute Gasteiger partial charge is 0.159 e. The first-order chi connectivity index (χ1) is 6.84. The molecule has 0 unspecified atom stereocenters. The van der Waals surface area contributed by atoms with Crippen molar-refractivity contribution in [2.45, 2.75) is 38.5 Å². The minimum Gasteiger partial charge on any atom is -0.295 e. The third kappa shape index (κ3) is 3.73. The van der Waals surface area contributed by atoms with Crippen LogP contribution < -0.4 is 0 Å². The van der Waals surface area contributed by atoms with E-state index in [0.29, 0.717) is 5.78 Å². The van der Waals surface area contributed by atoms with E-state index < -0.39 is 0 Å². The van der Waals surface area contributed by atoms with E-state index >= 15 is 0 Å². The Bertz CT molecular complexity index is 258. The topological polar surface area (TPSA) is 17.1 Å². The van der Waals surface area contributed by atoms with Crippen molar-refractivity contribution in [3.05, 3.63) is 36.5 Å². The van der Waals surface area contributed by atoms with Crippen molar-refractivity contribution < 1.29 is 4.79 Å². The highest BCUT2D eigenvalue weighted by atomic mass is 16.1. The Morgan fingerprint density at radius 1 is 1.36 bits per heavy atom. The Balaban J connectivity index is 2.13. The molecular weight excluding hydrogens is 172 g/mol. The maximum atomic E-state index is 11.2. The second kappa shape index (κ2) is 6.36. The summed E-state index contributed by atoms with van der Waals surface area (Å²) in [5.41, 5.74) is 1.00. The molecule has 0 aromatic rings. The van der Waals surface area contributed by atoms with Gasteiger partial charge in [-0.2, -0.15) is 0 Å². The fourth-order valence-corrected chi connectivity index (χ4v) is 1.56. The SMILES string of the molecule is C=CCCC/C=C/CC1=CCCC1=O. The van der Waals surface area contributed by atoms with E-state index in [1.165, 1.54) is 0 Å². The molecule has 0 aromatic heterocycles. The third-order valence-corrected chi connectivity index (χ3v) is 2.40. The molecule has 76 valence electrons. The molecule has 0 saturated carbocycles. The molecule has 0 N–H and O–H groups in total. The van der Waals surface area contributed by atoms with E-state index in [4.69, 9.17) is 0 Å². The van der Waals surface area contributed by atoms with E-state index in [-0.39, 0.29) is 0 Å². The van der Waals surface area contributed by atoms with Crippen molar-refractivity contribution in [1.29, 1.82) is 0 Å². The number of hydrogen-bond donors (Lipinski definition) is 0.